The molecular weight excluding hydrogens is 512 g/mol. The fraction of sp³-hybridized carbons (Fsp3) is 0.107. The molecule has 0 unspecified atom stereocenters. The van der Waals surface area contributed by atoms with Gasteiger partial charge in [0.1, 0.15) is 0 Å². The topological polar surface area (TPSA) is 75.3 Å². The molecule has 0 fully saturated rings. The summed E-state index contributed by atoms with van der Waals surface area (Å²) in [5.74, 6) is 0.506. The molecule has 184 valence electrons. The molecule has 8 heteroatoms. The smallest absolute Gasteiger partial charge is 0.261 e. The van der Waals surface area contributed by atoms with Gasteiger partial charge < -0.3 is 5.32 Å². The molecule has 36 heavy (non-hydrogen) atoms. The Bertz CT molecular complexity index is 1450. The first-order chi connectivity index (χ1) is 17.2. The van der Waals surface area contributed by atoms with Crippen molar-refractivity contribution >= 4 is 50.7 Å². The molecule has 0 saturated carbocycles. The van der Waals surface area contributed by atoms with Crippen molar-refractivity contribution in [2.75, 3.05) is 10.0 Å². The van der Waals surface area contributed by atoms with Gasteiger partial charge in [0, 0.05) is 26.9 Å². The zero-order chi connectivity index (χ0) is 25.7. The van der Waals surface area contributed by atoms with Gasteiger partial charge in [-0.05, 0) is 91.2 Å². The van der Waals surface area contributed by atoms with Crippen LogP contribution < -0.4 is 10.0 Å². The van der Waals surface area contributed by atoms with Gasteiger partial charge in [0.25, 0.3) is 15.9 Å². The zero-order valence-electron chi connectivity index (χ0n) is 19.8. The SMILES string of the molecule is Cc1cccc(C)c1NS(=O)(=O)c1ccc(NC(=O)c2ccc(CSc3ccc(Cl)cc3)cc2)cc1. The second-order valence-electron chi connectivity index (χ2n) is 8.29. The van der Waals surface area contributed by atoms with Gasteiger partial charge in [0.2, 0.25) is 0 Å². The first-order valence-electron chi connectivity index (χ1n) is 11.2. The number of carbonyl (C=O) groups is 1. The Hall–Kier alpha value is -3.26. The number of thioether (sulfide) groups is 1. The van der Waals surface area contributed by atoms with E-state index in [1.807, 2.05) is 68.4 Å². The Morgan fingerprint density at radius 2 is 1.44 bits per heavy atom. The van der Waals surface area contributed by atoms with Crippen molar-refractivity contribution in [3.8, 4) is 0 Å². The van der Waals surface area contributed by atoms with E-state index in [0.717, 1.165) is 27.3 Å². The third-order valence-corrected chi connectivity index (χ3v) is 8.28. The lowest BCUT2D eigenvalue weighted by Gasteiger charge is -2.13. The van der Waals surface area contributed by atoms with Crippen LogP contribution in [-0.4, -0.2) is 14.3 Å². The second-order valence-corrected chi connectivity index (χ2v) is 11.5. The molecule has 0 aliphatic heterocycles. The van der Waals surface area contributed by atoms with E-state index in [-0.39, 0.29) is 10.8 Å². The maximum Gasteiger partial charge on any atom is 0.261 e. The number of hydrogen-bond acceptors (Lipinski definition) is 4. The summed E-state index contributed by atoms with van der Waals surface area (Å²) in [6, 6.07) is 26.8. The van der Waals surface area contributed by atoms with E-state index in [1.54, 1.807) is 36.0 Å². The van der Waals surface area contributed by atoms with Gasteiger partial charge in [-0.2, -0.15) is 0 Å². The molecule has 0 heterocycles. The molecule has 0 radical (unpaired) electrons. The van der Waals surface area contributed by atoms with E-state index in [0.29, 0.717) is 22.0 Å². The van der Waals surface area contributed by atoms with Crippen molar-refractivity contribution < 1.29 is 13.2 Å². The maximum atomic E-state index is 12.8. The van der Waals surface area contributed by atoms with Gasteiger partial charge in [0.15, 0.2) is 0 Å². The van der Waals surface area contributed by atoms with Crippen molar-refractivity contribution in [2.45, 2.75) is 29.4 Å². The minimum atomic E-state index is -3.76. The highest BCUT2D eigenvalue weighted by molar-refractivity contribution is 7.98. The predicted octanol–water partition coefficient (Wildman–Crippen LogP) is 7.30. The Labute approximate surface area is 221 Å². The highest BCUT2D eigenvalue weighted by atomic mass is 35.5. The number of amides is 1. The van der Waals surface area contributed by atoms with Crippen LogP contribution in [0.3, 0.4) is 0 Å². The van der Waals surface area contributed by atoms with Gasteiger partial charge >= 0.3 is 0 Å². The number of rotatable bonds is 8. The fourth-order valence-corrected chi connectivity index (χ4v) is 5.72. The summed E-state index contributed by atoms with van der Waals surface area (Å²) in [6.45, 7) is 3.71. The van der Waals surface area contributed by atoms with Crippen LogP contribution in [0.1, 0.15) is 27.0 Å². The average molecular weight is 537 g/mol. The lowest BCUT2D eigenvalue weighted by Crippen LogP contribution is -2.15. The summed E-state index contributed by atoms with van der Waals surface area (Å²) < 4.78 is 28.4. The molecule has 0 aliphatic rings. The van der Waals surface area contributed by atoms with Crippen molar-refractivity contribution in [2.24, 2.45) is 0 Å². The normalized spacial score (nSPS) is 11.2. The monoisotopic (exact) mass is 536 g/mol. The van der Waals surface area contributed by atoms with Crippen LogP contribution in [0.25, 0.3) is 0 Å². The standard InChI is InChI=1S/C28H25ClN2O3S2/c1-19-4-3-5-20(2)27(19)31-36(33,34)26-16-12-24(13-17-26)30-28(32)22-8-6-21(7-9-22)18-35-25-14-10-23(29)11-15-25/h3-17,31H,18H2,1-2H3,(H,30,32). The third-order valence-electron chi connectivity index (χ3n) is 5.58. The van der Waals surface area contributed by atoms with Gasteiger partial charge in [-0.15, -0.1) is 11.8 Å². The minimum absolute atomic E-state index is 0.116. The van der Waals surface area contributed by atoms with Crippen molar-refractivity contribution in [3.05, 3.63) is 118 Å². The summed E-state index contributed by atoms with van der Waals surface area (Å²) in [5.41, 5.74) is 4.38. The van der Waals surface area contributed by atoms with Gasteiger partial charge in [0.05, 0.1) is 10.6 Å². The number of benzene rings is 4. The number of sulfonamides is 1. The van der Waals surface area contributed by atoms with Crippen LogP contribution in [0.5, 0.6) is 0 Å². The first kappa shape index (κ1) is 25.8. The molecule has 0 spiro atoms. The molecule has 5 nitrogen and oxygen atoms in total. The molecule has 0 bridgehead atoms. The number of aryl methyl sites for hydroxylation is 2. The predicted molar refractivity (Wildman–Crippen MR) is 149 cm³/mol. The lowest BCUT2D eigenvalue weighted by atomic mass is 10.1. The molecule has 2 N–H and O–H groups in total. The van der Waals surface area contributed by atoms with Gasteiger partial charge in [-0.25, -0.2) is 8.42 Å². The van der Waals surface area contributed by atoms with Crippen molar-refractivity contribution in [3.63, 3.8) is 0 Å². The minimum Gasteiger partial charge on any atom is -0.322 e. The molecule has 0 atom stereocenters. The molecule has 0 aromatic heterocycles. The number of anilines is 2. The van der Waals surface area contributed by atoms with Gasteiger partial charge in [-0.3, -0.25) is 9.52 Å². The zero-order valence-corrected chi connectivity index (χ0v) is 22.2. The number of nitrogens with one attached hydrogen (secondary N) is 2. The summed E-state index contributed by atoms with van der Waals surface area (Å²) in [4.78, 5) is 13.9. The molecular formula is C28H25ClN2O3S2. The third kappa shape index (κ3) is 6.49. The second kappa shape index (κ2) is 11.2. The molecule has 0 saturated heterocycles. The van der Waals surface area contributed by atoms with E-state index in [1.165, 1.54) is 12.1 Å². The van der Waals surface area contributed by atoms with E-state index in [4.69, 9.17) is 11.6 Å². The van der Waals surface area contributed by atoms with E-state index in [9.17, 15) is 13.2 Å². The van der Waals surface area contributed by atoms with Crippen LogP contribution in [-0.2, 0) is 15.8 Å². The van der Waals surface area contributed by atoms with E-state index in [2.05, 4.69) is 10.0 Å². The molecule has 1 amide bonds. The molecule has 4 aromatic rings. The highest BCUT2D eigenvalue weighted by Crippen LogP contribution is 2.26. The Balaban J connectivity index is 1.37. The van der Waals surface area contributed by atoms with Crippen LogP contribution in [0.4, 0.5) is 11.4 Å². The summed E-state index contributed by atoms with van der Waals surface area (Å²) >= 11 is 7.62. The average Bonchev–Trinajstić information content (AvgIpc) is 2.87. The summed E-state index contributed by atoms with van der Waals surface area (Å²) in [7, 11) is -3.76. The first-order valence-corrected chi connectivity index (χ1v) is 14.0. The lowest BCUT2D eigenvalue weighted by molar-refractivity contribution is 0.102. The Morgan fingerprint density at radius 1 is 0.833 bits per heavy atom. The van der Waals surface area contributed by atoms with Crippen LogP contribution in [0.2, 0.25) is 5.02 Å². The summed E-state index contributed by atoms with van der Waals surface area (Å²) in [5, 5.41) is 3.52. The Morgan fingerprint density at radius 3 is 2.06 bits per heavy atom. The summed E-state index contributed by atoms with van der Waals surface area (Å²) in [6.07, 6.45) is 0. The highest BCUT2D eigenvalue weighted by Gasteiger charge is 2.17. The quantitative estimate of drug-likeness (QED) is 0.232. The number of halogens is 1. The number of carbonyl (C=O) groups excluding carboxylic acids is 1. The van der Waals surface area contributed by atoms with Crippen LogP contribution in [0, 0.1) is 13.8 Å². The molecule has 4 aromatic carbocycles. The van der Waals surface area contributed by atoms with E-state index >= 15 is 0 Å². The fourth-order valence-electron chi connectivity index (χ4n) is 3.54. The maximum absolute atomic E-state index is 12.8. The van der Waals surface area contributed by atoms with Crippen molar-refractivity contribution in [1.82, 2.24) is 0 Å². The van der Waals surface area contributed by atoms with Crippen LogP contribution >= 0.6 is 23.4 Å². The Kier molecular flexibility index (Phi) is 8.04. The molecule has 4 rings (SSSR count). The van der Waals surface area contributed by atoms with Crippen LogP contribution in [0.15, 0.2) is 101 Å². The van der Waals surface area contributed by atoms with Crippen molar-refractivity contribution in [1.29, 1.82) is 0 Å². The number of hydrogen-bond donors (Lipinski definition) is 2. The largest absolute Gasteiger partial charge is 0.322 e. The number of para-hydroxylation sites is 1. The molecule has 0 aliphatic carbocycles. The van der Waals surface area contributed by atoms with E-state index < -0.39 is 10.0 Å². The van der Waals surface area contributed by atoms with Gasteiger partial charge in [-0.1, -0.05) is 41.9 Å².